The zero-order chi connectivity index (χ0) is 10.7. The van der Waals surface area contributed by atoms with E-state index in [1.165, 1.54) is 4.90 Å². The summed E-state index contributed by atoms with van der Waals surface area (Å²) in [6.45, 7) is 3.64. The number of hydrogen-bond acceptors (Lipinski definition) is 4. The number of nitrogens with zero attached hydrogens (tertiary/aromatic N) is 2. The number of aryl methyl sites for hydroxylation is 2. The maximum Gasteiger partial charge on any atom is 0.291 e. The Morgan fingerprint density at radius 1 is 1.57 bits per heavy atom. The highest BCUT2D eigenvalue weighted by Gasteiger charge is 2.19. The molecular formula is C9H14N2O3. The summed E-state index contributed by atoms with van der Waals surface area (Å²) < 4.78 is 5.16. The smallest absolute Gasteiger partial charge is 0.291 e. The van der Waals surface area contributed by atoms with Crippen LogP contribution in [0.1, 0.15) is 22.1 Å². The molecule has 0 unspecified atom stereocenters. The number of rotatable bonds is 3. The molecule has 1 rings (SSSR count). The molecule has 0 aliphatic carbocycles. The van der Waals surface area contributed by atoms with Crippen LogP contribution in [0.25, 0.3) is 0 Å². The standard InChI is InChI=1S/C9H14N2O3/c1-6-8(14-7(2)10-6)9(13)11(3)4-5-12/h12H,4-5H2,1-3H3. The first-order chi connectivity index (χ1) is 6.56. The van der Waals surface area contributed by atoms with Gasteiger partial charge in [0, 0.05) is 20.5 Å². The van der Waals surface area contributed by atoms with Crippen LogP contribution in [0.4, 0.5) is 0 Å². The zero-order valence-corrected chi connectivity index (χ0v) is 8.57. The van der Waals surface area contributed by atoms with Crippen molar-refractivity contribution in [2.45, 2.75) is 13.8 Å². The van der Waals surface area contributed by atoms with Gasteiger partial charge in [-0.2, -0.15) is 0 Å². The second kappa shape index (κ2) is 4.23. The number of hydrogen-bond donors (Lipinski definition) is 1. The summed E-state index contributed by atoms with van der Waals surface area (Å²) in [5.74, 6) is 0.471. The first-order valence-electron chi connectivity index (χ1n) is 4.36. The Balaban J connectivity index is 2.83. The van der Waals surface area contributed by atoms with Crippen LogP contribution in [0, 0.1) is 13.8 Å². The van der Waals surface area contributed by atoms with E-state index in [0.29, 0.717) is 11.6 Å². The van der Waals surface area contributed by atoms with Crippen molar-refractivity contribution >= 4 is 5.91 Å². The predicted octanol–water partition coefficient (Wildman–Crippen LogP) is 0.356. The molecule has 1 heterocycles. The molecule has 1 N–H and O–H groups in total. The average molecular weight is 198 g/mol. The fraction of sp³-hybridized carbons (Fsp3) is 0.556. The SMILES string of the molecule is Cc1nc(C)c(C(=O)N(C)CCO)o1. The Morgan fingerprint density at radius 3 is 2.64 bits per heavy atom. The lowest BCUT2D eigenvalue weighted by Gasteiger charge is -2.13. The molecule has 0 fully saturated rings. The van der Waals surface area contributed by atoms with Gasteiger partial charge in [-0.25, -0.2) is 4.98 Å². The second-order valence-electron chi connectivity index (χ2n) is 3.10. The molecular weight excluding hydrogens is 184 g/mol. The van der Waals surface area contributed by atoms with E-state index in [0.717, 1.165) is 0 Å². The van der Waals surface area contributed by atoms with Crippen molar-refractivity contribution in [1.82, 2.24) is 9.88 Å². The van der Waals surface area contributed by atoms with Gasteiger partial charge in [0.15, 0.2) is 5.89 Å². The molecule has 0 radical (unpaired) electrons. The van der Waals surface area contributed by atoms with E-state index in [2.05, 4.69) is 4.98 Å². The number of oxazole rings is 1. The maximum atomic E-state index is 11.6. The summed E-state index contributed by atoms with van der Waals surface area (Å²) in [6, 6.07) is 0. The van der Waals surface area contributed by atoms with Gasteiger partial charge in [-0.15, -0.1) is 0 Å². The lowest BCUT2D eigenvalue weighted by molar-refractivity contribution is 0.0733. The fourth-order valence-corrected chi connectivity index (χ4v) is 1.15. The van der Waals surface area contributed by atoms with Gasteiger partial charge in [0.25, 0.3) is 5.91 Å². The lowest BCUT2D eigenvalue weighted by Crippen LogP contribution is -2.29. The van der Waals surface area contributed by atoms with Crippen LogP contribution in [0.5, 0.6) is 0 Å². The van der Waals surface area contributed by atoms with Crippen molar-refractivity contribution in [2.75, 3.05) is 20.2 Å². The minimum atomic E-state index is -0.253. The fourth-order valence-electron chi connectivity index (χ4n) is 1.15. The van der Waals surface area contributed by atoms with Crippen LogP contribution in [-0.2, 0) is 0 Å². The molecule has 5 heteroatoms. The minimum absolute atomic E-state index is 0.0611. The van der Waals surface area contributed by atoms with Gasteiger partial charge in [-0.1, -0.05) is 0 Å². The highest BCUT2D eigenvalue weighted by molar-refractivity contribution is 5.92. The highest BCUT2D eigenvalue weighted by atomic mass is 16.4. The summed E-state index contributed by atoms with van der Waals surface area (Å²) >= 11 is 0. The van der Waals surface area contributed by atoms with Crippen LogP contribution >= 0.6 is 0 Å². The number of carbonyl (C=O) groups is 1. The molecule has 1 aromatic heterocycles. The number of amides is 1. The third kappa shape index (κ3) is 2.11. The van der Waals surface area contributed by atoms with E-state index >= 15 is 0 Å². The molecule has 0 aliphatic rings. The van der Waals surface area contributed by atoms with E-state index in [4.69, 9.17) is 9.52 Å². The summed E-state index contributed by atoms with van der Waals surface area (Å²) in [5.41, 5.74) is 0.581. The predicted molar refractivity (Wildman–Crippen MR) is 50.0 cm³/mol. The molecule has 1 aromatic rings. The highest BCUT2D eigenvalue weighted by Crippen LogP contribution is 2.11. The number of carbonyl (C=O) groups excluding carboxylic acids is 1. The maximum absolute atomic E-state index is 11.6. The van der Waals surface area contributed by atoms with Crippen molar-refractivity contribution in [2.24, 2.45) is 0 Å². The number of aliphatic hydroxyl groups excluding tert-OH is 1. The minimum Gasteiger partial charge on any atom is -0.436 e. The Hall–Kier alpha value is -1.36. The molecule has 0 spiro atoms. The van der Waals surface area contributed by atoms with Crippen molar-refractivity contribution in [3.8, 4) is 0 Å². The Labute approximate surface area is 82.4 Å². The largest absolute Gasteiger partial charge is 0.436 e. The molecule has 0 aliphatic heterocycles. The number of likely N-dealkylation sites (N-methyl/N-ethyl adjacent to an activating group) is 1. The van der Waals surface area contributed by atoms with Gasteiger partial charge in [-0.05, 0) is 6.92 Å². The molecule has 0 aromatic carbocycles. The van der Waals surface area contributed by atoms with E-state index in [1.54, 1.807) is 20.9 Å². The molecule has 0 saturated carbocycles. The Kier molecular flexibility index (Phi) is 3.24. The van der Waals surface area contributed by atoms with E-state index < -0.39 is 0 Å². The first kappa shape index (κ1) is 10.7. The third-order valence-electron chi connectivity index (χ3n) is 1.88. The van der Waals surface area contributed by atoms with Gasteiger partial charge in [0.1, 0.15) is 0 Å². The third-order valence-corrected chi connectivity index (χ3v) is 1.88. The lowest BCUT2D eigenvalue weighted by atomic mass is 10.3. The molecule has 14 heavy (non-hydrogen) atoms. The summed E-state index contributed by atoms with van der Waals surface area (Å²) in [6.07, 6.45) is 0. The van der Waals surface area contributed by atoms with Crippen LogP contribution in [0.3, 0.4) is 0 Å². The van der Waals surface area contributed by atoms with Gasteiger partial charge < -0.3 is 14.4 Å². The summed E-state index contributed by atoms with van der Waals surface area (Å²) in [7, 11) is 1.61. The molecule has 5 nitrogen and oxygen atoms in total. The van der Waals surface area contributed by atoms with Crippen molar-refractivity contribution in [1.29, 1.82) is 0 Å². The number of aliphatic hydroxyl groups is 1. The van der Waals surface area contributed by atoms with Crippen LogP contribution < -0.4 is 0 Å². The molecule has 0 atom stereocenters. The average Bonchev–Trinajstić information content (AvgIpc) is 2.44. The second-order valence-corrected chi connectivity index (χ2v) is 3.10. The van der Waals surface area contributed by atoms with Crippen LogP contribution in [0.2, 0.25) is 0 Å². The molecule has 0 saturated heterocycles. The molecule has 1 amide bonds. The van der Waals surface area contributed by atoms with Crippen molar-refractivity contribution < 1.29 is 14.3 Å². The Morgan fingerprint density at radius 2 is 2.21 bits per heavy atom. The summed E-state index contributed by atoms with van der Waals surface area (Å²) in [4.78, 5) is 17.0. The van der Waals surface area contributed by atoms with Crippen LogP contribution in [-0.4, -0.2) is 41.1 Å². The van der Waals surface area contributed by atoms with E-state index in [1.807, 2.05) is 0 Å². The molecule has 0 bridgehead atoms. The van der Waals surface area contributed by atoms with Gasteiger partial charge in [0.05, 0.1) is 12.3 Å². The van der Waals surface area contributed by atoms with E-state index in [-0.39, 0.29) is 24.8 Å². The van der Waals surface area contributed by atoms with Crippen LogP contribution in [0.15, 0.2) is 4.42 Å². The van der Waals surface area contributed by atoms with Gasteiger partial charge in [-0.3, -0.25) is 4.79 Å². The topological polar surface area (TPSA) is 66.6 Å². The zero-order valence-electron chi connectivity index (χ0n) is 8.57. The van der Waals surface area contributed by atoms with Crippen molar-refractivity contribution in [3.05, 3.63) is 17.3 Å². The van der Waals surface area contributed by atoms with Gasteiger partial charge >= 0.3 is 0 Å². The first-order valence-corrected chi connectivity index (χ1v) is 4.36. The quantitative estimate of drug-likeness (QED) is 0.761. The van der Waals surface area contributed by atoms with E-state index in [9.17, 15) is 4.79 Å². The normalized spacial score (nSPS) is 10.3. The Bertz CT molecular complexity index is 333. The van der Waals surface area contributed by atoms with Crippen molar-refractivity contribution in [3.63, 3.8) is 0 Å². The number of aromatic nitrogens is 1. The summed E-state index contributed by atoms with van der Waals surface area (Å²) in [5, 5.41) is 8.67. The van der Waals surface area contributed by atoms with Gasteiger partial charge in [0.2, 0.25) is 5.76 Å². The molecule has 78 valence electrons. The monoisotopic (exact) mass is 198 g/mol.